The van der Waals surface area contributed by atoms with Gasteiger partial charge in [0.05, 0.1) is 14.2 Å². The van der Waals surface area contributed by atoms with Crippen LogP contribution in [-0.4, -0.2) is 30.0 Å². The van der Waals surface area contributed by atoms with Gasteiger partial charge in [0.1, 0.15) is 5.69 Å². The number of methoxy groups -OCH3 is 2. The second-order valence-corrected chi connectivity index (χ2v) is 5.92. The van der Waals surface area contributed by atoms with Crippen molar-refractivity contribution in [3.8, 4) is 11.9 Å². The summed E-state index contributed by atoms with van der Waals surface area (Å²) in [7, 11) is 2.95. The molecule has 0 aliphatic carbocycles. The van der Waals surface area contributed by atoms with Crippen LogP contribution in [0.2, 0.25) is 5.02 Å². The first-order valence-electron chi connectivity index (χ1n) is 7.19. The van der Waals surface area contributed by atoms with Crippen molar-refractivity contribution in [2.45, 2.75) is 26.7 Å². The van der Waals surface area contributed by atoms with Crippen LogP contribution in [0.3, 0.4) is 0 Å². The van der Waals surface area contributed by atoms with Crippen LogP contribution in [-0.2, 0) is 0 Å². The fourth-order valence-electron chi connectivity index (χ4n) is 2.37. The molecule has 0 amide bonds. The standard InChI is InChI=1S/C17H19ClN2O3/c1-9(2)13-14(19-17(23-5)20-16(13)22-4)15(21)11-6-10(3)7-12(18)8-11/h6-9H,1-5H3. The summed E-state index contributed by atoms with van der Waals surface area (Å²) in [6.07, 6.45) is 0. The fourth-order valence-corrected chi connectivity index (χ4v) is 2.66. The highest BCUT2D eigenvalue weighted by Gasteiger charge is 2.24. The van der Waals surface area contributed by atoms with Gasteiger partial charge in [0.15, 0.2) is 0 Å². The molecule has 2 rings (SSSR count). The summed E-state index contributed by atoms with van der Waals surface area (Å²) < 4.78 is 10.4. The van der Waals surface area contributed by atoms with Gasteiger partial charge < -0.3 is 9.47 Å². The molecule has 0 radical (unpaired) electrons. The number of halogens is 1. The molecule has 0 aliphatic heterocycles. The Morgan fingerprint density at radius 1 is 1.13 bits per heavy atom. The third-order valence-corrected chi connectivity index (χ3v) is 3.58. The second-order valence-electron chi connectivity index (χ2n) is 5.48. The predicted molar refractivity (Wildman–Crippen MR) is 88.8 cm³/mol. The molecule has 0 saturated carbocycles. The average Bonchev–Trinajstić information content (AvgIpc) is 2.51. The van der Waals surface area contributed by atoms with Crippen molar-refractivity contribution in [1.82, 2.24) is 9.97 Å². The van der Waals surface area contributed by atoms with Crippen molar-refractivity contribution in [2.24, 2.45) is 0 Å². The highest BCUT2D eigenvalue weighted by atomic mass is 35.5. The van der Waals surface area contributed by atoms with Crippen molar-refractivity contribution < 1.29 is 14.3 Å². The number of rotatable bonds is 5. The minimum absolute atomic E-state index is 0.00934. The fraction of sp³-hybridized carbons (Fsp3) is 0.353. The normalized spacial score (nSPS) is 10.7. The van der Waals surface area contributed by atoms with E-state index in [0.717, 1.165) is 5.56 Å². The molecule has 122 valence electrons. The SMILES string of the molecule is COc1nc(OC)c(C(C)C)c(C(=O)c2cc(C)cc(Cl)c2)n1. The zero-order chi connectivity index (χ0) is 17.1. The number of carbonyl (C=O) groups excluding carboxylic acids is 1. The Morgan fingerprint density at radius 3 is 2.35 bits per heavy atom. The lowest BCUT2D eigenvalue weighted by molar-refractivity contribution is 0.103. The number of carbonyl (C=O) groups is 1. The topological polar surface area (TPSA) is 61.3 Å². The Balaban J connectivity index is 2.66. The molecule has 0 fully saturated rings. The van der Waals surface area contributed by atoms with E-state index >= 15 is 0 Å². The molecule has 2 aromatic rings. The van der Waals surface area contributed by atoms with Gasteiger partial charge in [-0.1, -0.05) is 25.4 Å². The number of ether oxygens (including phenoxy) is 2. The summed E-state index contributed by atoms with van der Waals surface area (Å²) in [6.45, 7) is 5.79. The first-order valence-corrected chi connectivity index (χ1v) is 7.57. The largest absolute Gasteiger partial charge is 0.481 e. The molecule has 0 N–H and O–H groups in total. The maximum absolute atomic E-state index is 13.0. The Bertz CT molecular complexity index is 725. The molecule has 0 spiro atoms. The number of nitrogens with zero attached hydrogens (tertiary/aromatic N) is 2. The Morgan fingerprint density at radius 2 is 1.83 bits per heavy atom. The molecule has 0 atom stereocenters. The van der Waals surface area contributed by atoms with Gasteiger partial charge in [-0.15, -0.1) is 0 Å². The highest BCUT2D eigenvalue weighted by Crippen LogP contribution is 2.31. The zero-order valence-corrected chi connectivity index (χ0v) is 14.6. The lowest BCUT2D eigenvalue weighted by Gasteiger charge is -2.15. The van der Waals surface area contributed by atoms with E-state index in [-0.39, 0.29) is 23.4 Å². The van der Waals surface area contributed by atoms with Gasteiger partial charge in [0.25, 0.3) is 0 Å². The maximum Gasteiger partial charge on any atom is 0.320 e. The van der Waals surface area contributed by atoms with Gasteiger partial charge in [0, 0.05) is 16.1 Å². The lowest BCUT2D eigenvalue weighted by Crippen LogP contribution is -2.13. The lowest BCUT2D eigenvalue weighted by atomic mass is 9.96. The third kappa shape index (κ3) is 3.62. The molecule has 1 aromatic heterocycles. The third-order valence-electron chi connectivity index (χ3n) is 3.36. The van der Waals surface area contributed by atoms with Crippen LogP contribution in [0.25, 0.3) is 0 Å². The van der Waals surface area contributed by atoms with Crippen molar-refractivity contribution >= 4 is 17.4 Å². The maximum atomic E-state index is 13.0. The van der Waals surface area contributed by atoms with Crippen LogP contribution in [0.4, 0.5) is 0 Å². The van der Waals surface area contributed by atoms with Crippen molar-refractivity contribution in [1.29, 1.82) is 0 Å². The van der Waals surface area contributed by atoms with E-state index in [0.29, 0.717) is 22.0 Å². The van der Waals surface area contributed by atoms with Crippen LogP contribution in [0.15, 0.2) is 18.2 Å². The van der Waals surface area contributed by atoms with E-state index in [1.165, 1.54) is 14.2 Å². The second kappa shape index (κ2) is 6.96. The first-order chi connectivity index (χ1) is 10.9. The van der Waals surface area contributed by atoms with E-state index < -0.39 is 0 Å². The van der Waals surface area contributed by atoms with E-state index in [1.807, 2.05) is 20.8 Å². The van der Waals surface area contributed by atoms with Gasteiger partial charge >= 0.3 is 6.01 Å². The van der Waals surface area contributed by atoms with Crippen LogP contribution < -0.4 is 9.47 Å². The molecule has 1 aromatic carbocycles. The Labute approximate surface area is 140 Å². The van der Waals surface area contributed by atoms with Gasteiger partial charge in [-0.3, -0.25) is 4.79 Å². The number of aromatic nitrogens is 2. The number of aryl methyl sites for hydroxylation is 1. The van der Waals surface area contributed by atoms with E-state index in [4.69, 9.17) is 21.1 Å². The van der Waals surface area contributed by atoms with Crippen LogP contribution in [0, 0.1) is 6.92 Å². The van der Waals surface area contributed by atoms with Gasteiger partial charge in [-0.05, 0) is 36.6 Å². The quantitative estimate of drug-likeness (QED) is 0.778. The highest BCUT2D eigenvalue weighted by molar-refractivity contribution is 6.31. The molecule has 0 unspecified atom stereocenters. The smallest absolute Gasteiger partial charge is 0.320 e. The molecular weight excluding hydrogens is 316 g/mol. The summed E-state index contributed by atoms with van der Waals surface area (Å²) in [5.74, 6) is 0.113. The summed E-state index contributed by atoms with van der Waals surface area (Å²) in [5, 5.41) is 0.507. The molecule has 0 saturated heterocycles. The number of hydrogen-bond donors (Lipinski definition) is 0. The van der Waals surface area contributed by atoms with E-state index in [1.54, 1.807) is 18.2 Å². The molecule has 0 bridgehead atoms. The van der Waals surface area contributed by atoms with E-state index in [2.05, 4.69) is 9.97 Å². The minimum Gasteiger partial charge on any atom is -0.481 e. The molecule has 6 heteroatoms. The molecular formula is C17H19ClN2O3. The van der Waals surface area contributed by atoms with Crippen LogP contribution in [0.5, 0.6) is 11.9 Å². The predicted octanol–water partition coefficient (Wildman–Crippen LogP) is 3.81. The number of benzene rings is 1. The number of hydrogen-bond acceptors (Lipinski definition) is 5. The number of ketones is 1. The molecule has 5 nitrogen and oxygen atoms in total. The Kier molecular flexibility index (Phi) is 5.21. The summed E-state index contributed by atoms with van der Waals surface area (Å²) in [6, 6.07) is 5.29. The first kappa shape index (κ1) is 17.2. The van der Waals surface area contributed by atoms with Gasteiger partial charge in [-0.2, -0.15) is 9.97 Å². The Hall–Kier alpha value is -2.14. The van der Waals surface area contributed by atoms with Crippen LogP contribution in [0.1, 0.15) is 46.9 Å². The minimum atomic E-state index is -0.238. The van der Waals surface area contributed by atoms with E-state index in [9.17, 15) is 4.79 Å². The summed E-state index contributed by atoms with van der Waals surface area (Å²) in [5.41, 5.74) is 2.29. The van der Waals surface area contributed by atoms with Crippen molar-refractivity contribution in [3.05, 3.63) is 45.6 Å². The van der Waals surface area contributed by atoms with Gasteiger partial charge in [0.2, 0.25) is 11.7 Å². The zero-order valence-electron chi connectivity index (χ0n) is 13.8. The van der Waals surface area contributed by atoms with Crippen molar-refractivity contribution in [3.63, 3.8) is 0 Å². The molecule has 23 heavy (non-hydrogen) atoms. The summed E-state index contributed by atoms with van der Waals surface area (Å²) in [4.78, 5) is 21.4. The average molecular weight is 335 g/mol. The molecule has 0 aliphatic rings. The summed E-state index contributed by atoms with van der Waals surface area (Å²) >= 11 is 6.07. The van der Waals surface area contributed by atoms with Crippen molar-refractivity contribution in [2.75, 3.05) is 14.2 Å². The molecule has 1 heterocycles. The monoisotopic (exact) mass is 334 g/mol. The van der Waals surface area contributed by atoms with Crippen LogP contribution >= 0.6 is 11.6 Å². The van der Waals surface area contributed by atoms with Gasteiger partial charge in [-0.25, -0.2) is 0 Å².